The molecule has 0 radical (unpaired) electrons. The van der Waals surface area contributed by atoms with Crippen molar-refractivity contribution in [2.75, 3.05) is 40.7 Å². The SMILES string of the molecule is COc1cc2c(=O)c(CCCNCCO)c3n(c2cc1OC)C(=O)c1cc2c(cc1-3)OCO2. The zero-order chi connectivity index (χ0) is 23.1. The molecule has 2 aromatic carbocycles. The minimum Gasteiger partial charge on any atom is -0.493 e. The van der Waals surface area contributed by atoms with E-state index in [1.165, 1.54) is 14.2 Å². The summed E-state index contributed by atoms with van der Waals surface area (Å²) in [6, 6.07) is 6.74. The second kappa shape index (κ2) is 8.42. The summed E-state index contributed by atoms with van der Waals surface area (Å²) in [4.78, 5) is 27.3. The molecular weight excluding hydrogens is 428 g/mol. The van der Waals surface area contributed by atoms with E-state index in [9.17, 15) is 9.59 Å². The van der Waals surface area contributed by atoms with E-state index in [4.69, 9.17) is 24.1 Å². The Labute approximate surface area is 189 Å². The van der Waals surface area contributed by atoms with Crippen LogP contribution < -0.4 is 29.7 Å². The third kappa shape index (κ3) is 3.32. The number of aliphatic hydroxyl groups excluding tert-OH is 1. The van der Waals surface area contributed by atoms with Gasteiger partial charge in [-0.15, -0.1) is 0 Å². The topological polar surface area (TPSA) is 108 Å². The summed E-state index contributed by atoms with van der Waals surface area (Å²) in [5.41, 5.74) is 2.53. The Kier molecular flexibility index (Phi) is 5.43. The molecule has 2 N–H and O–H groups in total. The van der Waals surface area contributed by atoms with Crippen LogP contribution in [0.4, 0.5) is 0 Å². The molecule has 3 heterocycles. The lowest BCUT2D eigenvalue weighted by molar-refractivity contribution is 0.0972. The first-order valence-electron chi connectivity index (χ1n) is 10.7. The number of aliphatic hydroxyl groups is 1. The Morgan fingerprint density at radius 1 is 1.00 bits per heavy atom. The van der Waals surface area contributed by atoms with Gasteiger partial charge in [0, 0.05) is 23.7 Å². The Morgan fingerprint density at radius 3 is 2.39 bits per heavy atom. The van der Waals surface area contributed by atoms with E-state index in [-0.39, 0.29) is 24.7 Å². The first kappa shape index (κ1) is 21.3. The highest BCUT2D eigenvalue weighted by Crippen LogP contribution is 2.45. The average Bonchev–Trinajstić information content (AvgIpc) is 3.40. The highest BCUT2D eigenvalue weighted by molar-refractivity contribution is 6.14. The maximum absolute atomic E-state index is 13.7. The van der Waals surface area contributed by atoms with Crippen molar-refractivity contribution in [1.29, 1.82) is 0 Å². The number of pyridine rings is 1. The van der Waals surface area contributed by atoms with Gasteiger partial charge in [-0.2, -0.15) is 0 Å². The summed E-state index contributed by atoms with van der Waals surface area (Å²) in [6.45, 7) is 1.25. The van der Waals surface area contributed by atoms with Crippen LogP contribution in [-0.4, -0.2) is 56.3 Å². The molecule has 0 unspecified atom stereocenters. The van der Waals surface area contributed by atoms with E-state index in [0.29, 0.717) is 82.2 Å². The lowest BCUT2D eigenvalue weighted by Crippen LogP contribution is -2.22. The number of nitrogens with one attached hydrogen (secondary N) is 1. The van der Waals surface area contributed by atoms with Crippen LogP contribution in [0.15, 0.2) is 29.1 Å². The molecule has 0 fully saturated rings. The van der Waals surface area contributed by atoms with Crippen LogP contribution in [0.1, 0.15) is 22.3 Å². The number of carbonyl (C=O) groups excluding carboxylic acids is 1. The van der Waals surface area contributed by atoms with Gasteiger partial charge in [-0.1, -0.05) is 0 Å². The van der Waals surface area contributed by atoms with E-state index < -0.39 is 0 Å². The molecule has 9 heteroatoms. The normalized spacial score (nSPS) is 13.4. The van der Waals surface area contributed by atoms with Crippen LogP contribution in [-0.2, 0) is 6.42 Å². The van der Waals surface area contributed by atoms with Crippen molar-refractivity contribution in [1.82, 2.24) is 9.88 Å². The van der Waals surface area contributed by atoms with Crippen LogP contribution in [0, 0.1) is 0 Å². The van der Waals surface area contributed by atoms with Crippen LogP contribution in [0.2, 0.25) is 0 Å². The monoisotopic (exact) mass is 452 g/mol. The summed E-state index contributed by atoms with van der Waals surface area (Å²) in [7, 11) is 3.02. The lowest BCUT2D eigenvalue weighted by atomic mass is 9.98. The molecule has 1 aromatic heterocycles. The number of fused-ring (bicyclic) bond motifs is 6. The second-order valence-corrected chi connectivity index (χ2v) is 7.85. The number of carbonyl (C=O) groups is 1. The number of methoxy groups -OCH3 is 2. The molecule has 3 aromatic rings. The van der Waals surface area contributed by atoms with Gasteiger partial charge in [0.05, 0.1) is 43.0 Å². The second-order valence-electron chi connectivity index (χ2n) is 7.85. The van der Waals surface area contributed by atoms with Gasteiger partial charge in [0.15, 0.2) is 28.4 Å². The molecule has 5 rings (SSSR count). The zero-order valence-corrected chi connectivity index (χ0v) is 18.4. The van der Waals surface area contributed by atoms with Crippen LogP contribution in [0.3, 0.4) is 0 Å². The molecule has 172 valence electrons. The summed E-state index contributed by atoms with van der Waals surface area (Å²) >= 11 is 0. The van der Waals surface area contributed by atoms with E-state index in [0.717, 1.165) is 0 Å². The molecule has 0 saturated carbocycles. The van der Waals surface area contributed by atoms with Gasteiger partial charge in [0.2, 0.25) is 6.79 Å². The van der Waals surface area contributed by atoms with E-state index in [1.807, 2.05) is 0 Å². The maximum Gasteiger partial charge on any atom is 0.263 e. The smallest absolute Gasteiger partial charge is 0.263 e. The van der Waals surface area contributed by atoms with E-state index >= 15 is 0 Å². The maximum atomic E-state index is 13.7. The number of hydrogen-bond acceptors (Lipinski definition) is 8. The molecule has 9 nitrogen and oxygen atoms in total. The minimum absolute atomic E-state index is 0.0463. The van der Waals surface area contributed by atoms with Crippen molar-refractivity contribution in [2.24, 2.45) is 0 Å². The highest BCUT2D eigenvalue weighted by atomic mass is 16.7. The molecule has 0 bridgehead atoms. The van der Waals surface area contributed by atoms with Gasteiger partial charge in [-0.25, -0.2) is 0 Å². The van der Waals surface area contributed by atoms with Gasteiger partial charge in [-0.3, -0.25) is 14.2 Å². The Balaban J connectivity index is 1.75. The standard InChI is InChI=1S/C24H24N2O7/c1-30-18-10-16-17(11-19(18)31-2)26-22(13(23(16)28)4-3-5-25-6-7-27)14-8-20-21(33-12-32-20)9-15(14)24(26)29/h8-11,25,27H,3-7,12H2,1-2H3. The van der Waals surface area contributed by atoms with Crippen LogP contribution >= 0.6 is 0 Å². The van der Waals surface area contributed by atoms with Crippen molar-refractivity contribution < 1.29 is 28.8 Å². The first-order chi connectivity index (χ1) is 16.1. The predicted octanol–water partition coefficient (Wildman–Crippen LogP) is 1.93. The summed E-state index contributed by atoms with van der Waals surface area (Å²) in [5.74, 6) is 1.66. The summed E-state index contributed by atoms with van der Waals surface area (Å²) < 4.78 is 23.4. The number of hydrogen-bond donors (Lipinski definition) is 2. The molecule has 33 heavy (non-hydrogen) atoms. The molecule has 0 spiro atoms. The third-order valence-electron chi connectivity index (χ3n) is 6.04. The van der Waals surface area contributed by atoms with Crippen molar-refractivity contribution in [2.45, 2.75) is 12.8 Å². The minimum atomic E-state index is -0.241. The number of nitrogens with zero attached hydrogens (tertiary/aromatic N) is 1. The van der Waals surface area contributed by atoms with Crippen LogP contribution in [0.5, 0.6) is 23.0 Å². The quantitative estimate of drug-likeness (QED) is 0.391. The fourth-order valence-electron chi connectivity index (χ4n) is 4.52. The molecule has 0 atom stereocenters. The van der Waals surface area contributed by atoms with Crippen LogP contribution in [0.25, 0.3) is 22.2 Å². The fourth-order valence-corrected chi connectivity index (χ4v) is 4.52. The molecular formula is C24H24N2O7. The Bertz CT molecular complexity index is 1330. The molecule has 2 aliphatic rings. The number of ether oxygens (including phenoxy) is 4. The zero-order valence-electron chi connectivity index (χ0n) is 18.4. The Morgan fingerprint density at radius 2 is 1.70 bits per heavy atom. The van der Waals surface area contributed by atoms with E-state index in [2.05, 4.69) is 5.32 Å². The largest absolute Gasteiger partial charge is 0.493 e. The van der Waals surface area contributed by atoms with Crippen molar-refractivity contribution in [3.8, 4) is 34.3 Å². The number of rotatable bonds is 8. The molecule has 0 saturated heterocycles. The van der Waals surface area contributed by atoms with Gasteiger partial charge in [0.25, 0.3) is 5.91 Å². The van der Waals surface area contributed by atoms with Crippen molar-refractivity contribution in [3.63, 3.8) is 0 Å². The van der Waals surface area contributed by atoms with Gasteiger partial charge < -0.3 is 29.4 Å². The van der Waals surface area contributed by atoms with Gasteiger partial charge in [-0.05, 0) is 37.6 Å². The molecule has 2 aliphatic heterocycles. The summed E-state index contributed by atoms with van der Waals surface area (Å²) in [6.07, 6.45) is 1.12. The molecule has 0 amide bonds. The average molecular weight is 452 g/mol. The van der Waals surface area contributed by atoms with Gasteiger partial charge >= 0.3 is 0 Å². The van der Waals surface area contributed by atoms with E-state index in [1.54, 1.807) is 28.8 Å². The third-order valence-corrected chi connectivity index (χ3v) is 6.04. The number of benzene rings is 2. The molecule has 0 aliphatic carbocycles. The highest BCUT2D eigenvalue weighted by Gasteiger charge is 2.34. The van der Waals surface area contributed by atoms with Gasteiger partial charge in [0.1, 0.15) is 0 Å². The first-order valence-corrected chi connectivity index (χ1v) is 10.7. The van der Waals surface area contributed by atoms with Crippen molar-refractivity contribution in [3.05, 3.63) is 45.6 Å². The number of aromatic nitrogens is 1. The van der Waals surface area contributed by atoms with Crippen molar-refractivity contribution >= 4 is 16.8 Å². The summed E-state index contributed by atoms with van der Waals surface area (Å²) in [5, 5.41) is 12.5. The predicted molar refractivity (Wildman–Crippen MR) is 121 cm³/mol. The lowest BCUT2D eigenvalue weighted by Gasteiger charge is -2.16. The fraction of sp³-hybridized carbons (Fsp3) is 0.333. The Hall–Kier alpha value is -3.56.